The van der Waals surface area contributed by atoms with Crippen molar-refractivity contribution in [3.63, 3.8) is 0 Å². The number of hydrogen-bond acceptors (Lipinski definition) is 3. The van der Waals surface area contributed by atoms with E-state index in [1.807, 2.05) is 0 Å². The third-order valence-electron chi connectivity index (χ3n) is 1.90. The van der Waals surface area contributed by atoms with Crippen LogP contribution < -0.4 is 5.32 Å². The van der Waals surface area contributed by atoms with Crippen LogP contribution in [0.1, 0.15) is 5.69 Å². The van der Waals surface area contributed by atoms with Gasteiger partial charge in [-0.1, -0.05) is 0 Å². The molecule has 1 rings (SSSR count). The summed E-state index contributed by atoms with van der Waals surface area (Å²) in [6.07, 6.45) is -1.02. The van der Waals surface area contributed by atoms with Gasteiger partial charge in [0.05, 0.1) is 18.6 Å². The van der Waals surface area contributed by atoms with Gasteiger partial charge in [-0.25, -0.2) is 4.98 Å². The van der Waals surface area contributed by atoms with Gasteiger partial charge in [-0.05, 0) is 7.05 Å². The van der Waals surface area contributed by atoms with Crippen molar-refractivity contribution in [3.8, 4) is 0 Å². The molecule has 1 heterocycles. The zero-order chi connectivity index (χ0) is 12.0. The fraction of sp³-hybridized carbons (Fsp3) is 0.667. The summed E-state index contributed by atoms with van der Waals surface area (Å²) in [4.78, 5) is 3.91. The SMILES string of the molecule is CNCc1cncn1CCOCC(F)(F)F. The van der Waals surface area contributed by atoms with Crippen LogP contribution in [-0.2, 0) is 17.8 Å². The second-order valence-corrected chi connectivity index (χ2v) is 3.28. The van der Waals surface area contributed by atoms with Gasteiger partial charge in [-0.2, -0.15) is 13.2 Å². The third-order valence-corrected chi connectivity index (χ3v) is 1.90. The van der Waals surface area contributed by atoms with Crippen molar-refractivity contribution in [1.29, 1.82) is 0 Å². The molecule has 0 spiro atoms. The molecule has 0 unspecified atom stereocenters. The molecule has 0 saturated carbocycles. The summed E-state index contributed by atoms with van der Waals surface area (Å²) in [5.74, 6) is 0. The summed E-state index contributed by atoms with van der Waals surface area (Å²) in [7, 11) is 1.79. The van der Waals surface area contributed by atoms with Gasteiger partial charge >= 0.3 is 6.18 Å². The number of imidazole rings is 1. The molecule has 1 aromatic heterocycles. The average Bonchev–Trinajstić information content (AvgIpc) is 2.60. The molecule has 0 aliphatic rings. The molecule has 0 aliphatic heterocycles. The molecule has 0 aliphatic carbocycles. The fourth-order valence-electron chi connectivity index (χ4n) is 1.23. The normalized spacial score (nSPS) is 12.0. The largest absolute Gasteiger partial charge is 0.411 e. The molecular formula is C9H14F3N3O. The summed E-state index contributed by atoms with van der Waals surface area (Å²) in [5, 5.41) is 2.94. The maximum atomic E-state index is 11.8. The van der Waals surface area contributed by atoms with Gasteiger partial charge in [0.1, 0.15) is 6.61 Å². The molecule has 1 N–H and O–H groups in total. The Morgan fingerprint density at radius 2 is 2.25 bits per heavy atom. The fourth-order valence-corrected chi connectivity index (χ4v) is 1.23. The van der Waals surface area contributed by atoms with Gasteiger partial charge in [0.25, 0.3) is 0 Å². The van der Waals surface area contributed by atoms with Crippen molar-refractivity contribution in [1.82, 2.24) is 14.9 Å². The second-order valence-electron chi connectivity index (χ2n) is 3.28. The number of rotatable bonds is 6. The van der Waals surface area contributed by atoms with Crippen LogP contribution >= 0.6 is 0 Å². The van der Waals surface area contributed by atoms with Gasteiger partial charge in [-0.3, -0.25) is 0 Å². The molecule has 0 atom stereocenters. The van der Waals surface area contributed by atoms with Crippen LogP contribution in [-0.4, -0.2) is 36.0 Å². The maximum absolute atomic E-state index is 11.8. The van der Waals surface area contributed by atoms with Gasteiger partial charge in [-0.15, -0.1) is 0 Å². The van der Waals surface area contributed by atoms with Crippen molar-refractivity contribution in [2.45, 2.75) is 19.3 Å². The van der Waals surface area contributed by atoms with E-state index in [4.69, 9.17) is 0 Å². The highest BCUT2D eigenvalue weighted by molar-refractivity contribution is 4.97. The Bertz CT molecular complexity index is 311. The van der Waals surface area contributed by atoms with Crippen LogP contribution in [0.2, 0.25) is 0 Å². The maximum Gasteiger partial charge on any atom is 0.411 e. The molecular weight excluding hydrogens is 223 g/mol. The number of ether oxygens (including phenoxy) is 1. The number of hydrogen-bond donors (Lipinski definition) is 1. The highest BCUT2D eigenvalue weighted by Gasteiger charge is 2.27. The molecule has 0 saturated heterocycles. The van der Waals surface area contributed by atoms with E-state index in [1.165, 1.54) is 0 Å². The topological polar surface area (TPSA) is 39.1 Å². The quantitative estimate of drug-likeness (QED) is 0.755. The predicted molar refractivity (Wildman–Crippen MR) is 51.9 cm³/mol. The standard InChI is InChI=1S/C9H14F3N3O/c1-13-4-8-5-14-7-15(8)2-3-16-6-9(10,11)12/h5,7,13H,2-4,6H2,1H3. The Kier molecular flexibility index (Phi) is 4.75. The first-order valence-electron chi connectivity index (χ1n) is 4.81. The minimum atomic E-state index is -4.26. The number of halogens is 3. The highest BCUT2D eigenvalue weighted by Crippen LogP contribution is 2.14. The molecule has 4 nitrogen and oxygen atoms in total. The Morgan fingerprint density at radius 3 is 2.88 bits per heavy atom. The molecule has 0 radical (unpaired) electrons. The predicted octanol–water partition coefficient (Wildman–Crippen LogP) is 1.18. The minimum absolute atomic E-state index is 0.0204. The molecule has 0 amide bonds. The van der Waals surface area contributed by atoms with Crippen LogP contribution in [0.25, 0.3) is 0 Å². The Hall–Kier alpha value is -1.08. The summed E-state index contributed by atoms with van der Waals surface area (Å²) in [6.45, 7) is -0.192. The molecule has 92 valence electrons. The molecule has 1 aromatic rings. The van der Waals surface area contributed by atoms with Crippen molar-refractivity contribution >= 4 is 0 Å². The zero-order valence-corrected chi connectivity index (χ0v) is 8.92. The lowest BCUT2D eigenvalue weighted by Crippen LogP contribution is -2.19. The van der Waals surface area contributed by atoms with Crippen LogP contribution in [0, 0.1) is 0 Å². The lowest BCUT2D eigenvalue weighted by Gasteiger charge is -2.10. The first kappa shape index (κ1) is 13.0. The zero-order valence-electron chi connectivity index (χ0n) is 8.92. The molecule has 0 fully saturated rings. The average molecular weight is 237 g/mol. The van der Waals surface area contributed by atoms with Crippen molar-refractivity contribution in [2.75, 3.05) is 20.3 Å². The van der Waals surface area contributed by atoms with Gasteiger partial charge in [0.15, 0.2) is 0 Å². The third kappa shape index (κ3) is 4.63. The van der Waals surface area contributed by atoms with E-state index in [-0.39, 0.29) is 6.61 Å². The number of alkyl halides is 3. The first-order chi connectivity index (χ1) is 7.53. The highest BCUT2D eigenvalue weighted by atomic mass is 19.4. The van der Waals surface area contributed by atoms with Crippen LogP contribution in [0.15, 0.2) is 12.5 Å². The van der Waals surface area contributed by atoms with Gasteiger partial charge < -0.3 is 14.6 Å². The number of nitrogens with one attached hydrogen (secondary N) is 1. The van der Waals surface area contributed by atoms with Crippen LogP contribution in [0.5, 0.6) is 0 Å². The van der Waals surface area contributed by atoms with E-state index in [0.29, 0.717) is 13.1 Å². The molecule has 7 heteroatoms. The van der Waals surface area contributed by atoms with E-state index >= 15 is 0 Å². The van der Waals surface area contributed by atoms with Crippen molar-refractivity contribution < 1.29 is 17.9 Å². The Labute approximate surface area is 91.4 Å². The molecule has 0 aromatic carbocycles. The molecule has 0 bridgehead atoms. The van der Waals surface area contributed by atoms with Crippen LogP contribution in [0.4, 0.5) is 13.2 Å². The van der Waals surface area contributed by atoms with E-state index in [1.54, 1.807) is 24.1 Å². The van der Waals surface area contributed by atoms with Crippen LogP contribution in [0.3, 0.4) is 0 Å². The van der Waals surface area contributed by atoms with Crippen molar-refractivity contribution in [2.24, 2.45) is 0 Å². The summed E-state index contributed by atoms with van der Waals surface area (Å²) >= 11 is 0. The summed E-state index contributed by atoms with van der Waals surface area (Å²) in [5.41, 5.74) is 0.915. The smallest absolute Gasteiger partial charge is 0.370 e. The minimum Gasteiger partial charge on any atom is -0.370 e. The second kappa shape index (κ2) is 5.86. The number of nitrogens with zero attached hydrogens (tertiary/aromatic N) is 2. The lowest BCUT2D eigenvalue weighted by atomic mass is 10.4. The van der Waals surface area contributed by atoms with Crippen molar-refractivity contribution in [3.05, 3.63) is 18.2 Å². The molecule has 16 heavy (non-hydrogen) atoms. The van der Waals surface area contributed by atoms with E-state index < -0.39 is 12.8 Å². The van der Waals surface area contributed by atoms with E-state index in [0.717, 1.165) is 5.69 Å². The monoisotopic (exact) mass is 237 g/mol. The van der Waals surface area contributed by atoms with E-state index in [2.05, 4.69) is 15.0 Å². The summed E-state index contributed by atoms with van der Waals surface area (Å²) in [6, 6.07) is 0. The first-order valence-corrected chi connectivity index (χ1v) is 4.81. The Balaban J connectivity index is 2.29. The Morgan fingerprint density at radius 1 is 1.50 bits per heavy atom. The lowest BCUT2D eigenvalue weighted by molar-refractivity contribution is -0.174. The van der Waals surface area contributed by atoms with E-state index in [9.17, 15) is 13.2 Å². The number of aromatic nitrogens is 2. The summed E-state index contributed by atoms with van der Waals surface area (Å²) < 4.78 is 41.6. The van der Waals surface area contributed by atoms with Gasteiger partial charge in [0.2, 0.25) is 0 Å². The van der Waals surface area contributed by atoms with Gasteiger partial charge in [0, 0.05) is 19.3 Å².